The maximum atomic E-state index is 11.6. The van der Waals surface area contributed by atoms with Gasteiger partial charge in [-0.2, -0.15) is 0 Å². The average Bonchev–Trinajstić information content (AvgIpc) is 2.48. The molecule has 0 aliphatic carbocycles. The molecule has 0 heterocycles. The molecule has 0 unspecified atom stereocenters. The van der Waals surface area contributed by atoms with Gasteiger partial charge in [0.2, 0.25) is 5.91 Å². The highest BCUT2D eigenvalue weighted by Gasteiger charge is 2.06. The first-order valence-corrected chi connectivity index (χ1v) is 6.75. The lowest BCUT2D eigenvalue weighted by atomic mass is 10.0. The van der Waals surface area contributed by atoms with Gasteiger partial charge in [-0.1, -0.05) is 24.3 Å². The van der Waals surface area contributed by atoms with Crippen LogP contribution >= 0.6 is 0 Å². The molecule has 4 nitrogen and oxygen atoms in total. The third-order valence-electron chi connectivity index (χ3n) is 2.93. The summed E-state index contributed by atoms with van der Waals surface area (Å²) >= 11 is 0. The second-order valence-electron chi connectivity index (χ2n) is 4.56. The number of anilines is 1. The zero-order chi connectivity index (χ0) is 15.2. The van der Waals surface area contributed by atoms with E-state index in [0.717, 1.165) is 16.8 Å². The van der Waals surface area contributed by atoms with Crippen molar-refractivity contribution >= 4 is 17.6 Å². The number of hydrogen-bond donors (Lipinski definition) is 1. The second-order valence-corrected chi connectivity index (χ2v) is 4.56. The van der Waals surface area contributed by atoms with Crippen LogP contribution in [0.2, 0.25) is 0 Å². The van der Waals surface area contributed by atoms with Crippen LogP contribution in [0.4, 0.5) is 5.69 Å². The van der Waals surface area contributed by atoms with E-state index in [4.69, 9.17) is 4.74 Å². The Hall–Kier alpha value is -2.62. The zero-order valence-electron chi connectivity index (χ0n) is 12.1. The second kappa shape index (κ2) is 6.70. The summed E-state index contributed by atoms with van der Waals surface area (Å²) in [6.07, 6.45) is 0. The number of carbonyl (C=O) groups is 2. The SMILES string of the molecule is CCOC(=O)c1ccc(-c2ccc(NC(C)=O)cc2)cc1. The van der Waals surface area contributed by atoms with E-state index in [1.807, 2.05) is 36.4 Å². The summed E-state index contributed by atoms with van der Waals surface area (Å²) in [7, 11) is 0. The standard InChI is InChI=1S/C17H17NO3/c1-3-21-17(20)15-6-4-13(5-7-15)14-8-10-16(11-9-14)18-12(2)19/h4-11H,3H2,1-2H3,(H,18,19). The monoisotopic (exact) mass is 283 g/mol. The Balaban J connectivity index is 2.15. The molecule has 2 rings (SSSR count). The summed E-state index contributed by atoms with van der Waals surface area (Å²) in [5.74, 6) is -0.411. The molecule has 21 heavy (non-hydrogen) atoms. The van der Waals surface area contributed by atoms with Gasteiger partial charge >= 0.3 is 5.97 Å². The fraction of sp³-hybridized carbons (Fsp3) is 0.176. The number of carbonyl (C=O) groups excluding carboxylic acids is 2. The third-order valence-corrected chi connectivity index (χ3v) is 2.93. The minimum atomic E-state index is -0.315. The molecule has 1 amide bonds. The number of esters is 1. The molecule has 0 saturated heterocycles. The first-order chi connectivity index (χ1) is 10.1. The summed E-state index contributed by atoms with van der Waals surface area (Å²) in [4.78, 5) is 22.5. The van der Waals surface area contributed by atoms with Crippen molar-refractivity contribution in [2.45, 2.75) is 13.8 Å². The van der Waals surface area contributed by atoms with Crippen molar-refractivity contribution in [3.63, 3.8) is 0 Å². The number of rotatable bonds is 4. The smallest absolute Gasteiger partial charge is 0.338 e. The molecule has 0 aliphatic rings. The Bertz CT molecular complexity index is 630. The molecule has 2 aromatic rings. The van der Waals surface area contributed by atoms with Crippen molar-refractivity contribution in [2.75, 3.05) is 11.9 Å². The van der Waals surface area contributed by atoms with Gasteiger partial charge in [-0.15, -0.1) is 0 Å². The molecule has 0 fully saturated rings. The Kier molecular flexibility index (Phi) is 4.72. The van der Waals surface area contributed by atoms with Crippen molar-refractivity contribution in [3.8, 4) is 11.1 Å². The van der Waals surface area contributed by atoms with Gasteiger partial charge in [0.1, 0.15) is 0 Å². The van der Waals surface area contributed by atoms with Crippen LogP contribution < -0.4 is 5.32 Å². The van der Waals surface area contributed by atoms with Crippen molar-refractivity contribution < 1.29 is 14.3 Å². The number of ether oxygens (including phenoxy) is 1. The van der Waals surface area contributed by atoms with Gasteiger partial charge in [0, 0.05) is 12.6 Å². The molecule has 0 spiro atoms. The van der Waals surface area contributed by atoms with E-state index >= 15 is 0 Å². The Labute approximate surface area is 123 Å². The lowest BCUT2D eigenvalue weighted by Gasteiger charge is -2.06. The Morgan fingerprint density at radius 1 is 0.952 bits per heavy atom. The third kappa shape index (κ3) is 3.92. The molecule has 108 valence electrons. The zero-order valence-corrected chi connectivity index (χ0v) is 12.1. The number of benzene rings is 2. The van der Waals surface area contributed by atoms with Crippen molar-refractivity contribution in [1.29, 1.82) is 0 Å². The van der Waals surface area contributed by atoms with Crippen molar-refractivity contribution in [3.05, 3.63) is 54.1 Å². The van der Waals surface area contributed by atoms with E-state index in [-0.39, 0.29) is 11.9 Å². The van der Waals surface area contributed by atoms with E-state index in [9.17, 15) is 9.59 Å². The molecule has 1 N–H and O–H groups in total. The highest BCUT2D eigenvalue weighted by atomic mass is 16.5. The fourth-order valence-electron chi connectivity index (χ4n) is 1.96. The van der Waals surface area contributed by atoms with Crippen LogP contribution in [-0.4, -0.2) is 18.5 Å². The largest absolute Gasteiger partial charge is 0.462 e. The molecule has 0 atom stereocenters. The van der Waals surface area contributed by atoms with E-state index < -0.39 is 0 Å². The topological polar surface area (TPSA) is 55.4 Å². The molecule has 0 radical (unpaired) electrons. The molecule has 0 aliphatic heterocycles. The predicted octanol–water partition coefficient (Wildman–Crippen LogP) is 3.49. The molecule has 0 bridgehead atoms. The van der Waals surface area contributed by atoms with Crippen LogP contribution in [0, 0.1) is 0 Å². The summed E-state index contributed by atoms with van der Waals surface area (Å²) in [5.41, 5.74) is 3.31. The van der Waals surface area contributed by atoms with Crippen LogP contribution in [0.1, 0.15) is 24.2 Å². The van der Waals surface area contributed by atoms with E-state index in [2.05, 4.69) is 5.32 Å². The van der Waals surface area contributed by atoms with Gasteiger partial charge in [-0.3, -0.25) is 4.79 Å². The van der Waals surface area contributed by atoms with E-state index in [1.165, 1.54) is 6.92 Å². The van der Waals surface area contributed by atoms with Gasteiger partial charge < -0.3 is 10.1 Å². The van der Waals surface area contributed by atoms with Gasteiger partial charge in [-0.25, -0.2) is 4.79 Å². The van der Waals surface area contributed by atoms with Crippen LogP contribution in [0.5, 0.6) is 0 Å². The molecule has 2 aromatic carbocycles. The maximum Gasteiger partial charge on any atom is 0.338 e. The summed E-state index contributed by atoms with van der Waals surface area (Å²) in [6.45, 7) is 3.62. The van der Waals surface area contributed by atoms with Crippen LogP contribution in [0.25, 0.3) is 11.1 Å². The average molecular weight is 283 g/mol. The summed E-state index contributed by atoms with van der Waals surface area (Å²) in [5, 5.41) is 2.72. The van der Waals surface area contributed by atoms with Crippen molar-refractivity contribution in [2.24, 2.45) is 0 Å². The minimum absolute atomic E-state index is 0.0958. The van der Waals surface area contributed by atoms with E-state index in [1.54, 1.807) is 19.1 Å². The van der Waals surface area contributed by atoms with Crippen LogP contribution in [0.3, 0.4) is 0 Å². The highest BCUT2D eigenvalue weighted by molar-refractivity contribution is 5.90. The van der Waals surface area contributed by atoms with E-state index in [0.29, 0.717) is 12.2 Å². The summed E-state index contributed by atoms with van der Waals surface area (Å²) in [6, 6.07) is 14.8. The molecular weight excluding hydrogens is 266 g/mol. The lowest BCUT2D eigenvalue weighted by Crippen LogP contribution is -2.05. The lowest BCUT2D eigenvalue weighted by molar-refractivity contribution is -0.114. The quantitative estimate of drug-likeness (QED) is 0.874. The van der Waals surface area contributed by atoms with Crippen LogP contribution in [0.15, 0.2) is 48.5 Å². The van der Waals surface area contributed by atoms with Gasteiger partial charge in [0.25, 0.3) is 0 Å². The first kappa shape index (κ1) is 14.8. The molecule has 0 saturated carbocycles. The van der Waals surface area contributed by atoms with Gasteiger partial charge in [0.15, 0.2) is 0 Å². The van der Waals surface area contributed by atoms with Crippen molar-refractivity contribution in [1.82, 2.24) is 0 Å². The maximum absolute atomic E-state index is 11.6. The fourth-order valence-corrected chi connectivity index (χ4v) is 1.96. The molecular formula is C17H17NO3. The number of hydrogen-bond acceptors (Lipinski definition) is 3. The minimum Gasteiger partial charge on any atom is -0.462 e. The molecule has 0 aromatic heterocycles. The number of nitrogens with one attached hydrogen (secondary N) is 1. The Morgan fingerprint density at radius 2 is 1.48 bits per heavy atom. The number of amides is 1. The first-order valence-electron chi connectivity index (χ1n) is 6.75. The van der Waals surface area contributed by atoms with Gasteiger partial charge in [0.05, 0.1) is 12.2 Å². The summed E-state index contributed by atoms with van der Waals surface area (Å²) < 4.78 is 4.95. The molecule has 4 heteroatoms. The highest BCUT2D eigenvalue weighted by Crippen LogP contribution is 2.22. The van der Waals surface area contributed by atoms with Crippen LogP contribution in [-0.2, 0) is 9.53 Å². The normalized spacial score (nSPS) is 10.0. The Morgan fingerprint density at radius 3 is 1.95 bits per heavy atom. The van der Waals surface area contributed by atoms with Gasteiger partial charge in [-0.05, 0) is 42.3 Å². The predicted molar refractivity (Wildman–Crippen MR) is 82.1 cm³/mol.